The highest BCUT2D eigenvalue weighted by atomic mass is 35.5. The Labute approximate surface area is 162 Å². The quantitative estimate of drug-likeness (QED) is 0.530. The maximum atomic E-state index is 12.9. The number of anilines is 3. The average Bonchev–Trinajstić information content (AvgIpc) is 3.14. The zero-order chi connectivity index (χ0) is 20.3. The van der Waals surface area contributed by atoms with E-state index in [-0.39, 0.29) is 28.4 Å². The molecule has 2 heterocycles. The second kappa shape index (κ2) is 8.15. The summed E-state index contributed by atoms with van der Waals surface area (Å²) in [7, 11) is 0. The first-order valence-electron chi connectivity index (χ1n) is 8.24. The summed E-state index contributed by atoms with van der Waals surface area (Å²) in [6.45, 7) is 0.931. The number of aromatic nitrogens is 2. The van der Waals surface area contributed by atoms with Crippen LogP contribution >= 0.6 is 11.6 Å². The summed E-state index contributed by atoms with van der Waals surface area (Å²) in [5, 5.41) is 16.8. The van der Waals surface area contributed by atoms with Crippen molar-refractivity contribution in [2.75, 3.05) is 23.8 Å². The molecule has 2 N–H and O–H groups in total. The Bertz CT molecular complexity index is 875. The van der Waals surface area contributed by atoms with E-state index in [4.69, 9.17) is 16.3 Å². The first kappa shape index (κ1) is 20.1. The van der Waals surface area contributed by atoms with E-state index in [0.717, 1.165) is 37.4 Å². The number of nitro groups is 1. The molecule has 12 heteroatoms. The molecule has 1 aromatic carbocycles. The summed E-state index contributed by atoms with van der Waals surface area (Å²) in [4.78, 5) is 18.5. The highest BCUT2D eigenvalue weighted by Gasteiger charge is 2.31. The number of ether oxygens (including phenoxy) is 1. The van der Waals surface area contributed by atoms with Gasteiger partial charge in [-0.05, 0) is 31.0 Å². The number of benzene rings is 1. The molecule has 1 unspecified atom stereocenters. The topological polar surface area (TPSA) is 102 Å². The van der Waals surface area contributed by atoms with Gasteiger partial charge in [-0.3, -0.25) is 10.1 Å². The van der Waals surface area contributed by atoms with Gasteiger partial charge in [-0.15, -0.1) is 0 Å². The molecular formula is C16H15ClF3N5O3. The third kappa shape index (κ3) is 4.60. The Morgan fingerprint density at radius 3 is 2.71 bits per heavy atom. The molecule has 0 aliphatic carbocycles. The fraction of sp³-hybridized carbons (Fsp3) is 0.375. The molecule has 28 heavy (non-hydrogen) atoms. The minimum absolute atomic E-state index is 0.0465. The zero-order valence-electron chi connectivity index (χ0n) is 14.3. The lowest BCUT2D eigenvalue weighted by Gasteiger charge is -2.14. The van der Waals surface area contributed by atoms with Crippen molar-refractivity contribution in [3.8, 4) is 0 Å². The fourth-order valence-corrected chi connectivity index (χ4v) is 2.88. The van der Waals surface area contributed by atoms with Gasteiger partial charge in [-0.1, -0.05) is 11.6 Å². The van der Waals surface area contributed by atoms with Gasteiger partial charge in [-0.25, -0.2) is 9.97 Å². The van der Waals surface area contributed by atoms with Crippen LogP contribution in [0.4, 0.5) is 36.2 Å². The largest absolute Gasteiger partial charge is 0.416 e. The van der Waals surface area contributed by atoms with Crippen molar-refractivity contribution in [1.29, 1.82) is 0 Å². The van der Waals surface area contributed by atoms with Gasteiger partial charge in [0.2, 0.25) is 11.6 Å². The van der Waals surface area contributed by atoms with E-state index < -0.39 is 22.4 Å². The molecule has 1 fully saturated rings. The average molecular weight is 418 g/mol. The van der Waals surface area contributed by atoms with Crippen LogP contribution in [0.2, 0.25) is 5.02 Å². The Balaban J connectivity index is 1.89. The number of hydrogen-bond donors (Lipinski definition) is 2. The molecule has 1 aliphatic rings. The summed E-state index contributed by atoms with van der Waals surface area (Å²) >= 11 is 5.94. The molecule has 3 rings (SSSR count). The molecule has 0 bridgehead atoms. The molecule has 2 aromatic rings. The van der Waals surface area contributed by atoms with Crippen LogP contribution in [-0.4, -0.2) is 34.1 Å². The Hall–Kier alpha value is -2.66. The molecule has 1 aliphatic heterocycles. The lowest BCUT2D eigenvalue weighted by atomic mass is 10.2. The SMILES string of the molecule is O=[N+]([O-])c1c(NCC2CCCO2)ncnc1Nc1cc(C(F)(F)F)ccc1Cl. The third-order valence-electron chi connectivity index (χ3n) is 4.07. The van der Waals surface area contributed by atoms with E-state index in [1.807, 2.05) is 0 Å². The van der Waals surface area contributed by atoms with Crippen molar-refractivity contribution in [2.45, 2.75) is 25.1 Å². The molecule has 0 radical (unpaired) electrons. The van der Waals surface area contributed by atoms with E-state index >= 15 is 0 Å². The minimum Gasteiger partial charge on any atom is -0.376 e. The van der Waals surface area contributed by atoms with Gasteiger partial charge in [0, 0.05) is 13.2 Å². The summed E-state index contributed by atoms with van der Waals surface area (Å²) in [6, 6.07) is 2.63. The predicted octanol–water partition coefficient (Wildman–Crippen LogP) is 4.39. The molecule has 0 spiro atoms. The third-order valence-corrected chi connectivity index (χ3v) is 4.40. The van der Waals surface area contributed by atoms with Crippen LogP contribution in [0.25, 0.3) is 0 Å². The number of alkyl halides is 3. The molecule has 1 aromatic heterocycles. The van der Waals surface area contributed by atoms with Crippen molar-refractivity contribution < 1.29 is 22.8 Å². The first-order valence-corrected chi connectivity index (χ1v) is 8.62. The van der Waals surface area contributed by atoms with Gasteiger partial charge in [0.05, 0.1) is 27.3 Å². The summed E-state index contributed by atoms with van der Waals surface area (Å²) in [5.41, 5.74) is -1.62. The Morgan fingerprint density at radius 2 is 2.07 bits per heavy atom. The van der Waals surface area contributed by atoms with Crippen LogP contribution < -0.4 is 10.6 Å². The summed E-state index contributed by atoms with van der Waals surface area (Å²) in [5.74, 6) is -0.350. The van der Waals surface area contributed by atoms with Crippen molar-refractivity contribution in [3.05, 3.63) is 45.2 Å². The maximum absolute atomic E-state index is 12.9. The second-order valence-corrected chi connectivity index (χ2v) is 6.42. The lowest BCUT2D eigenvalue weighted by Crippen LogP contribution is -2.20. The first-order chi connectivity index (χ1) is 13.3. The number of nitrogens with zero attached hydrogens (tertiary/aromatic N) is 3. The normalized spacial score (nSPS) is 16.8. The van der Waals surface area contributed by atoms with Gasteiger partial charge in [0.1, 0.15) is 6.33 Å². The molecule has 8 nitrogen and oxygen atoms in total. The van der Waals surface area contributed by atoms with Crippen LogP contribution in [0.1, 0.15) is 18.4 Å². The van der Waals surface area contributed by atoms with Gasteiger partial charge in [0.15, 0.2) is 0 Å². The van der Waals surface area contributed by atoms with Gasteiger partial charge < -0.3 is 15.4 Å². The fourth-order valence-electron chi connectivity index (χ4n) is 2.71. The maximum Gasteiger partial charge on any atom is 0.416 e. The van der Waals surface area contributed by atoms with Gasteiger partial charge >= 0.3 is 11.9 Å². The number of rotatable bonds is 6. The predicted molar refractivity (Wildman–Crippen MR) is 95.9 cm³/mol. The van der Waals surface area contributed by atoms with Crippen molar-refractivity contribution >= 4 is 34.6 Å². The van der Waals surface area contributed by atoms with Gasteiger partial charge in [0.25, 0.3) is 0 Å². The van der Waals surface area contributed by atoms with Crippen LogP contribution in [0.5, 0.6) is 0 Å². The van der Waals surface area contributed by atoms with Crippen molar-refractivity contribution in [1.82, 2.24) is 9.97 Å². The highest BCUT2D eigenvalue weighted by molar-refractivity contribution is 6.33. The number of nitrogens with one attached hydrogen (secondary N) is 2. The standard InChI is InChI=1S/C16H15ClF3N5O3/c17-11-4-3-9(16(18,19)20)6-12(11)24-15-13(25(26)27)14(22-8-23-15)21-7-10-2-1-5-28-10/h3-4,6,8,10H,1-2,5,7H2,(H2,21,22,23,24). The van der Waals surface area contributed by atoms with E-state index in [1.165, 1.54) is 0 Å². The zero-order valence-corrected chi connectivity index (χ0v) is 15.0. The Kier molecular flexibility index (Phi) is 5.84. The highest BCUT2D eigenvalue weighted by Crippen LogP contribution is 2.37. The summed E-state index contributed by atoms with van der Waals surface area (Å²) < 4.78 is 44.2. The van der Waals surface area contributed by atoms with Gasteiger partial charge in [-0.2, -0.15) is 13.2 Å². The number of hydrogen-bond acceptors (Lipinski definition) is 7. The molecule has 0 amide bonds. The van der Waals surface area contributed by atoms with E-state index in [9.17, 15) is 23.3 Å². The van der Waals surface area contributed by atoms with Crippen molar-refractivity contribution in [2.24, 2.45) is 0 Å². The van der Waals surface area contributed by atoms with E-state index in [2.05, 4.69) is 20.6 Å². The van der Waals surface area contributed by atoms with E-state index in [0.29, 0.717) is 13.2 Å². The monoisotopic (exact) mass is 417 g/mol. The molecule has 1 atom stereocenters. The smallest absolute Gasteiger partial charge is 0.376 e. The molecular weight excluding hydrogens is 403 g/mol. The van der Waals surface area contributed by atoms with Crippen LogP contribution in [0.15, 0.2) is 24.5 Å². The Morgan fingerprint density at radius 1 is 1.32 bits per heavy atom. The molecule has 1 saturated heterocycles. The lowest BCUT2D eigenvalue weighted by molar-refractivity contribution is -0.383. The molecule has 150 valence electrons. The van der Waals surface area contributed by atoms with Crippen LogP contribution in [0, 0.1) is 10.1 Å². The summed E-state index contributed by atoms with van der Waals surface area (Å²) in [6.07, 6.45) is -1.90. The van der Waals surface area contributed by atoms with E-state index in [1.54, 1.807) is 0 Å². The van der Waals surface area contributed by atoms with Crippen LogP contribution in [-0.2, 0) is 10.9 Å². The second-order valence-electron chi connectivity index (χ2n) is 6.01. The van der Waals surface area contributed by atoms with Crippen molar-refractivity contribution in [3.63, 3.8) is 0 Å². The minimum atomic E-state index is -4.59. The van der Waals surface area contributed by atoms with Crippen LogP contribution in [0.3, 0.4) is 0 Å². The molecule has 0 saturated carbocycles. The number of halogens is 4.